The number of carbonyl (C=O) groups excluding carboxylic acids is 3. The molecule has 0 aliphatic carbocycles. The number of allylic oxidation sites excluding steroid dienone is 12. The topological polar surface area (TPSA) is 78.9 Å². The lowest BCUT2D eigenvalue weighted by Crippen LogP contribution is -2.30. The zero-order valence-electron chi connectivity index (χ0n) is 42.0. The molecule has 0 aromatic carbocycles. The molecule has 0 amide bonds. The molecule has 0 fully saturated rings. The van der Waals surface area contributed by atoms with Crippen LogP contribution in [0.5, 0.6) is 0 Å². The van der Waals surface area contributed by atoms with Gasteiger partial charge in [-0.3, -0.25) is 14.4 Å². The summed E-state index contributed by atoms with van der Waals surface area (Å²) in [5.74, 6) is -0.927. The molecule has 0 aromatic heterocycles. The highest BCUT2D eigenvalue weighted by Gasteiger charge is 2.19. The first-order valence-corrected chi connectivity index (χ1v) is 27.0. The summed E-state index contributed by atoms with van der Waals surface area (Å²) in [6.45, 7) is 6.57. The van der Waals surface area contributed by atoms with Gasteiger partial charge in [0, 0.05) is 19.3 Å². The summed E-state index contributed by atoms with van der Waals surface area (Å²) >= 11 is 0. The van der Waals surface area contributed by atoms with Crippen molar-refractivity contribution in [2.75, 3.05) is 13.2 Å². The molecule has 0 saturated heterocycles. The van der Waals surface area contributed by atoms with E-state index in [4.69, 9.17) is 14.2 Å². The lowest BCUT2D eigenvalue weighted by atomic mass is 10.1. The van der Waals surface area contributed by atoms with Crippen LogP contribution < -0.4 is 0 Å². The van der Waals surface area contributed by atoms with Crippen molar-refractivity contribution < 1.29 is 28.6 Å². The van der Waals surface area contributed by atoms with Crippen LogP contribution in [0, 0.1) is 0 Å². The van der Waals surface area contributed by atoms with E-state index >= 15 is 0 Å². The van der Waals surface area contributed by atoms with Crippen molar-refractivity contribution in [3.8, 4) is 0 Å². The first kappa shape index (κ1) is 60.9. The van der Waals surface area contributed by atoms with E-state index in [1.807, 2.05) is 0 Å². The van der Waals surface area contributed by atoms with Gasteiger partial charge in [-0.25, -0.2) is 0 Å². The Kier molecular flexibility index (Phi) is 49.9. The average Bonchev–Trinajstić information content (AvgIpc) is 3.29. The second-order valence-corrected chi connectivity index (χ2v) is 17.9. The smallest absolute Gasteiger partial charge is 0.306 e. The molecule has 0 rings (SSSR count). The van der Waals surface area contributed by atoms with Crippen LogP contribution in [0.25, 0.3) is 0 Å². The van der Waals surface area contributed by atoms with Gasteiger partial charge in [0.1, 0.15) is 13.2 Å². The van der Waals surface area contributed by atoms with E-state index in [-0.39, 0.29) is 31.1 Å². The third kappa shape index (κ3) is 49.9. The molecule has 6 nitrogen and oxygen atoms in total. The van der Waals surface area contributed by atoms with Crippen LogP contribution in [0.4, 0.5) is 0 Å². The molecule has 368 valence electrons. The highest BCUT2D eigenvalue weighted by Crippen LogP contribution is 2.14. The zero-order valence-corrected chi connectivity index (χ0v) is 42.0. The van der Waals surface area contributed by atoms with E-state index in [0.717, 1.165) is 103 Å². The highest BCUT2D eigenvalue weighted by atomic mass is 16.6. The largest absolute Gasteiger partial charge is 0.462 e. The SMILES string of the molecule is CCCCCCC\C=C/C=C\C=C/CCCCCCCC(=O)OCC(COC(=O)CCCCCCCCCCCC)OC(=O)CCCCCCC\C=C/C=C\C=C/CCCCCCC. The summed E-state index contributed by atoms with van der Waals surface area (Å²) in [7, 11) is 0. The van der Waals surface area contributed by atoms with Gasteiger partial charge in [0.2, 0.25) is 0 Å². The quantitative estimate of drug-likeness (QED) is 0.0262. The van der Waals surface area contributed by atoms with Crippen LogP contribution in [0.3, 0.4) is 0 Å². The lowest BCUT2D eigenvalue weighted by molar-refractivity contribution is -0.167. The van der Waals surface area contributed by atoms with Gasteiger partial charge in [-0.2, -0.15) is 0 Å². The zero-order chi connectivity index (χ0) is 46.5. The number of ether oxygens (including phenoxy) is 3. The molecule has 0 heterocycles. The van der Waals surface area contributed by atoms with Gasteiger partial charge in [0.05, 0.1) is 0 Å². The van der Waals surface area contributed by atoms with Gasteiger partial charge in [0.25, 0.3) is 0 Å². The third-order valence-electron chi connectivity index (χ3n) is 11.6. The molecule has 6 heteroatoms. The van der Waals surface area contributed by atoms with Crippen molar-refractivity contribution in [1.29, 1.82) is 0 Å². The highest BCUT2D eigenvalue weighted by molar-refractivity contribution is 5.71. The predicted molar refractivity (Wildman–Crippen MR) is 274 cm³/mol. The van der Waals surface area contributed by atoms with E-state index in [0.29, 0.717) is 19.3 Å². The fourth-order valence-electron chi connectivity index (χ4n) is 7.44. The minimum Gasteiger partial charge on any atom is -0.462 e. The molecular formula is C58H100O6. The number of hydrogen-bond donors (Lipinski definition) is 0. The van der Waals surface area contributed by atoms with Gasteiger partial charge in [-0.05, 0) is 70.6 Å². The maximum Gasteiger partial charge on any atom is 0.306 e. The molecule has 0 aliphatic heterocycles. The molecule has 1 atom stereocenters. The number of rotatable bonds is 48. The van der Waals surface area contributed by atoms with Crippen molar-refractivity contribution in [1.82, 2.24) is 0 Å². The van der Waals surface area contributed by atoms with E-state index < -0.39 is 6.10 Å². The Bertz CT molecular complexity index is 1210. The van der Waals surface area contributed by atoms with Crippen molar-refractivity contribution in [3.63, 3.8) is 0 Å². The van der Waals surface area contributed by atoms with Crippen LogP contribution in [0.1, 0.15) is 258 Å². The van der Waals surface area contributed by atoms with Crippen LogP contribution in [-0.4, -0.2) is 37.2 Å². The Balaban J connectivity index is 4.43. The van der Waals surface area contributed by atoms with Gasteiger partial charge >= 0.3 is 17.9 Å². The summed E-state index contributed by atoms with van der Waals surface area (Å²) in [6, 6.07) is 0. The third-order valence-corrected chi connectivity index (χ3v) is 11.6. The minimum atomic E-state index is -0.792. The molecule has 0 spiro atoms. The van der Waals surface area contributed by atoms with Gasteiger partial charge < -0.3 is 14.2 Å². The molecule has 0 saturated carbocycles. The van der Waals surface area contributed by atoms with E-state index in [1.54, 1.807) is 0 Å². The first-order chi connectivity index (χ1) is 31.5. The number of esters is 3. The molecule has 0 aliphatic rings. The molecule has 0 aromatic rings. The molecule has 0 radical (unpaired) electrons. The monoisotopic (exact) mass is 893 g/mol. The molecule has 1 unspecified atom stereocenters. The number of unbranched alkanes of at least 4 members (excludes halogenated alkanes) is 29. The maximum absolute atomic E-state index is 12.8. The van der Waals surface area contributed by atoms with Gasteiger partial charge in [0.15, 0.2) is 6.10 Å². The second kappa shape index (κ2) is 52.5. The van der Waals surface area contributed by atoms with Crippen LogP contribution in [0.2, 0.25) is 0 Å². The van der Waals surface area contributed by atoms with Gasteiger partial charge in [-0.15, -0.1) is 0 Å². The lowest BCUT2D eigenvalue weighted by Gasteiger charge is -2.18. The summed E-state index contributed by atoms with van der Waals surface area (Å²) < 4.78 is 16.8. The van der Waals surface area contributed by atoms with Crippen molar-refractivity contribution >= 4 is 17.9 Å². The summed E-state index contributed by atoms with van der Waals surface area (Å²) in [5, 5.41) is 0. The fraction of sp³-hybridized carbons (Fsp3) is 0.741. The Labute approximate surface area is 395 Å². The molecular weight excluding hydrogens is 793 g/mol. The molecule has 0 N–H and O–H groups in total. The summed E-state index contributed by atoms with van der Waals surface area (Å²) in [4.78, 5) is 38.0. The Morgan fingerprint density at radius 3 is 0.859 bits per heavy atom. The second-order valence-electron chi connectivity index (χ2n) is 17.9. The van der Waals surface area contributed by atoms with E-state index in [9.17, 15) is 14.4 Å². The summed E-state index contributed by atoms with van der Waals surface area (Å²) in [5.41, 5.74) is 0. The average molecular weight is 893 g/mol. The van der Waals surface area contributed by atoms with Crippen LogP contribution in [-0.2, 0) is 28.6 Å². The normalized spacial score (nSPS) is 12.6. The minimum absolute atomic E-state index is 0.0894. The van der Waals surface area contributed by atoms with Crippen molar-refractivity contribution in [3.05, 3.63) is 72.9 Å². The molecule has 64 heavy (non-hydrogen) atoms. The van der Waals surface area contributed by atoms with E-state index in [2.05, 4.69) is 93.7 Å². The van der Waals surface area contributed by atoms with Crippen LogP contribution in [0.15, 0.2) is 72.9 Å². The number of hydrogen-bond acceptors (Lipinski definition) is 6. The predicted octanol–water partition coefficient (Wildman–Crippen LogP) is 17.8. The van der Waals surface area contributed by atoms with Gasteiger partial charge in [-0.1, -0.05) is 241 Å². The standard InChI is InChI=1S/C58H100O6/c1-4-7-10-13-16-19-22-24-26-28-30-32-34-36-39-42-45-48-51-57(60)63-54-55(53-62-56(59)50-47-44-41-38-21-18-15-12-9-6-3)64-58(61)52-49-46-43-40-37-35-33-31-29-27-25-23-20-17-14-11-8-5-2/h22-33,55H,4-21,34-54H2,1-3H3/b24-22-,25-23-,28-26-,29-27-,32-30-,33-31-. The Hall–Kier alpha value is -3.15. The summed E-state index contributed by atoms with van der Waals surface area (Å²) in [6.07, 6.45) is 65.9. The van der Waals surface area contributed by atoms with E-state index in [1.165, 1.54) is 116 Å². The first-order valence-electron chi connectivity index (χ1n) is 27.0. The molecule has 0 bridgehead atoms. The number of carbonyl (C=O) groups is 3. The van der Waals surface area contributed by atoms with Crippen molar-refractivity contribution in [2.24, 2.45) is 0 Å². The Morgan fingerprint density at radius 1 is 0.312 bits per heavy atom. The van der Waals surface area contributed by atoms with Crippen molar-refractivity contribution in [2.45, 2.75) is 264 Å². The Morgan fingerprint density at radius 2 is 0.562 bits per heavy atom. The van der Waals surface area contributed by atoms with Crippen LogP contribution >= 0.6 is 0 Å². The fourth-order valence-corrected chi connectivity index (χ4v) is 7.44. The maximum atomic E-state index is 12.8.